The Kier molecular flexibility index (Phi) is 30.2. The molecule has 6 heterocycles. The van der Waals surface area contributed by atoms with Gasteiger partial charge in [0.25, 0.3) is 0 Å². The van der Waals surface area contributed by atoms with Crippen LogP contribution in [-0.2, 0) is 10.8 Å². The molecule has 8 heteroatoms. The number of nitrogens with zero attached hydrogens (tertiary/aromatic N) is 6. The first-order valence-corrected chi connectivity index (χ1v) is 41.2. The van der Waals surface area contributed by atoms with Crippen LogP contribution in [-0.4, -0.2) is 29.9 Å². The molecule has 12 aromatic carbocycles. The summed E-state index contributed by atoms with van der Waals surface area (Å²) < 4.78 is 27.8. The zero-order valence-electron chi connectivity index (χ0n) is 70.9. The predicted molar refractivity (Wildman–Crippen MR) is 510 cm³/mol. The van der Waals surface area contributed by atoms with Crippen LogP contribution >= 0.6 is 0 Å². The first kappa shape index (κ1) is 87.7. The average molecular weight is 1610 g/mol. The lowest BCUT2D eigenvalue weighted by atomic mass is 9.67. The summed E-state index contributed by atoms with van der Waals surface area (Å²) in [5.41, 5.74) is 34.5. The Hall–Kier alpha value is -14.6. The number of hydrogen-bond donors (Lipinski definition) is 0. The van der Waals surface area contributed by atoms with Crippen LogP contribution in [0.4, 0.5) is 8.78 Å². The van der Waals surface area contributed by atoms with E-state index in [1.807, 2.05) is 190 Å². The lowest BCUT2D eigenvalue weighted by Gasteiger charge is -2.34. The molecule has 0 spiro atoms. The Labute approximate surface area is 726 Å². The Morgan fingerprint density at radius 3 is 1.16 bits per heavy atom. The zero-order chi connectivity index (χ0) is 85.2. The Morgan fingerprint density at radius 2 is 0.659 bits per heavy atom. The van der Waals surface area contributed by atoms with E-state index in [-0.39, 0.29) is 24.5 Å². The van der Waals surface area contributed by atoms with Crippen molar-refractivity contribution < 1.29 is 8.78 Å². The van der Waals surface area contributed by atoms with Crippen molar-refractivity contribution in [3.63, 3.8) is 0 Å². The van der Waals surface area contributed by atoms with Crippen molar-refractivity contribution in [2.24, 2.45) is 0 Å². The van der Waals surface area contributed by atoms with Crippen molar-refractivity contribution in [1.82, 2.24) is 29.9 Å². The Bertz CT molecular complexity index is 5940. The molecule has 0 bridgehead atoms. The van der Waals surface area contributed by atoms with E-state index in [0.29, 0.717) is 0 Å². The topological polar surface area (TPSA) is 77.3 Å². The van der Waals surface area contributed by atoms with Gasteiger partial charge in [-0.25, -0.2) is 8.78 Å². The average Bonchev–Trinajstić information content (AvgIpc) is 1.54. The quantitative estimate of drug-likeness (QED) is 0.151. The van der Waals surface area contributed by atoms with Gasteiger partial charge in [-0.15, -0.1) is 0 Å². The Morgan fingerprint density at radius 1 is 0.244 bits per heavy atom. The number of hydrogen-bond acceptors (Lipinski definition) is 6. The fourth-order valence-electron chi connectivity index (χ4n) is 15.3. The fraction of sp³-hybridized carbons (Fsp3) is 0.113. The van der Waals surface area contributed by atoms with E-state index in [4.69, 9.17) is 0 Å². The minimum atomic E-state index is -0.513. The van der Waals surface area contributed by atoms with Crippen LogP contribution in [0.15, 0.2) is 426 Å². The van der Waals surface area contributed by atoms with Crippen molar-refractivity contribution in [2.45, 2.75) is 87.5 Å². The summed E-state index contributed by atoms with van der Waals surface area (Å²) in [5.74, 6) is -0.351. The molecule has 0 saturated heterocycles. The molecule has 20 rings (SSSR count). The maximum atomic E-state index is 14.4. The van der Waals surface area contributed by atoms with Gasteiger partial charge in [-0.3, -0.25) is 29.9 Å². The molecule has 0 saturated carbocycles. The maximum Gasteiger partial charge on any atom is 0.123 e. The highest BCUT2D eigenvalue weighted by atomic mass is 19.1. The summed E-state index contributed by atoms with van der Waals surface area (Å²) in [6.07, 6.45) is 12.9. The highest BCUT2D eigenvalue weighted by Crippen LogP contribution is 2.56. The minimum Gasteiger partial charge on any atom is -0.264 e. The van der Waals surface area contributed by atoms with Crippen LogP contribution in [0.5, 0.6) is 0 Å². The van der Waals surface area contributed by atoms with Gasteiger partial charge in [0.2, 0.25) is 0 Å². The van der Waals surface area contributed by atoms with Crippen molar-refractivity contribution in [1.29, 1.82) is 0 Å². The van der Waals surface area contributed by atoms with Crippen LogP contribution in [0.2, 0.25) is 0 Å². The van der Waals surface area contributed by atoms with Gasteiger partial charge in [-0.05, 0) is 223 Å². The number of halogens is 2. The van der Waals surface area contributed by atoms with E-state index in [2.05, 4.69) is 298 Å². The highest BCUT2D eigenvalue weighted by molar-refractivity contribution is 5.87. The molecule has 0 aliphatic heterocycles. The summed E-state index contributed by atoms with van der Waals surface area (Å²) in [6, 6.07) is 128. The van der Waals surface area contributed by atoms with Gasteiger partial charge >= 0.3 is 0 Å². The van der Waals surface area contributed by atoms with E-state index >= 15 is 0 Å². The number of aryl methyl sites for hydroxylation is 8. The SMILES string of the molecule is C.Cc1ccc(-c2ccccc2)nc1.Cc1ccc(-c2cccnc2)cc1.Cc1ccc2c(c1)C(C)(C)c1cc(F)ccc1-2.Cc1ccc2c(c1)C(c1ccccc1)(c1ccccc1)c1cc(F)ccc1-2.Cc1cccc(-c2ccccc2)n1.Cc1cccc(-c2cccnc2)c1.Cc1cccnc1-c1ccccc1.Cc1ccnc(-c2ccccc2)c1. The van der Waals surface area contributed by atoms with Gasteiger partial charge in [0.15, 0.2) is 0 Å². The first-order valence-electron chi connectivity index (χ1n) is 41.2. The van der Waals surface area contributed by atoms with E-state index in [0.717, 1.165) is 56.3 Å². The molecule has 0 N–H and O–H groups in total. The summed E-state index contributed by atoms with van der Waals surface area (Å²) >= 11 is 0. The molecule has 18 aromatic rings. The molecule has 0 unspecified atom stereocenters. The maximum absolute atomic E-state index is 14.4. The second kappa shape index (κ2) is 42.4. The predicted octanol–water partition coefficient (Wildman–Crippen LogP) is 29.9. The number of pyridine rings is 6. The molecule has 2 aliphatic carbocycles. The standard InChI is InChI=1S/C26H19F.C16H15F.6C12H11N.CH4/c1-18-12-14-22-23-15-13-21(27)17-25(23)26(24(22)16-18,19-8-4-2-5-9-19)20-10-6-3-7-11-20;1-10-4-6-12-13-7-5-11(17)9-15(13)16(2,3)14(12)8-10;1-10-4-2-5-11(8-10)12-6-3-7-13-9-12;1-10-4-6-11(7-5-10)12-3-2-8-13-9-12;1-10-6-5-9-13-12(10)11-7-3-2-4-8-11;1-10-6-5-9-12(13-10)11-7-3-2-4-8-11;1-10-7-8-13-12(9-10)11-5-3-2-4-6-11;1-10-7-8-12(13-9-10)11-5-3-2-4-6-11;/h2-17H,1H3;4-9H,1-3H3;6*2-9H,1H3;1H4. The number of aromatic nitrogens is 6. The minimum absolute atomic E-state index is 0. The lowest BCUT2D eigenvalue weighted by Crippen LogP contribution is -2.28. The fourth-order valence-corrected chi connectivity index (χ4v) is 15.3. The van der Waals surface area contributed by atoms with Crippen molar-refractivity contribution >= 4 is 0 Å². The third-order valence-corrected chi connectivity index (χ3v) is 21.5. The number of benzene rings is 12. The number of fused-ring (bicyclic) bond motifs is 6. The second-order valence-electron chi connectivity index (χ2n) is 31.0. The molecule has 6 aromatic heterocycles. The molecule has 6 nitrogen and oxygen atoms in total. The van der Waals surface area contributed by atoms with Gasteiger partial charge in [0.1, 0.15) is 11.6 Å². The van der Waals surface area contributed by atoms with Crippen LogP contribution in [0.3, 0.4) is 0 Å². The molecule has 123 heavy (non-hydrogen) atoms. The molecule has 0 atom stereocenters. The summed E-state index contributed by atoms with van der Waals surface area (Å²) in [6.45, 7) is 20.9. The molecule has 608 valence electrons. The van der Waals surface area contributed by atoms with E-state index in [1.54, 1.807) is 36.7 Å². The zero-order valence-corrected chi connectivity index (χ0v) is 70.9. The Balaban J connectivity index is 0.000000130. The van der Waals surface area contributed by atoms with Crippen LogP contribution < -0.4 is 0 Å². The van der Waals surface area contributed by atoms with Gasteiger partial charge < -0.3 is 0 Å². The van der Waals surface area contributed by atoms with Crippen LogP contribution in [0, 0.1) is 67.0 Å². The lowest BCUT2D eigenvalue weighted by molar-refractivity contribution is 0.609. The monoisotopic (exact) mass is 1610 g/mol. The molecule has 0 amide bonds. The third kappa shape index (κ3) is 22.5. The van der Waals surface area contributed by atoms with Crippen molar-refractivity contribution in [2.75, 3.05) is 0 Å². The van der Waals surface area contributed by atoms with Crippen molar-refractivity contribution in [3.05, 3.63) is 515 Å². The summed E-state index contributed by atoms with van der Waals surface area (Å²) in [4.78, 5) is 25.6. The van der Waals surface area contributed by atoms with Crippen molar-refractivity contribution in [3.8, 4) is 89.5 Å². The molecule has 0 fully saturated rings. The number of rotatable bonds is 8. The normalized spacial score (nSPS) is 11.5. The van der Waals surface area contributed by atoms with Gasteiger partial charge in [0, 0.05) is 76.7 Å². The van der Waals surface area contributed by atoms with E-state index in [1.165, 1.54) is 111 Å². The highest BCUT2D eigenvalue weighted by Gasteiger charge is 2.46. The smallest absolute Gasteiger partial charge is 0.123 e. The van der Waals surface area contributed by atoms with E-state index < -0.39 is 5.41 Å². The molecule has 2 aliphatic rings. The van der Waals surface area contributed by atoms with Crippen LogP contribution in [0.25, 0.3) is 89.5 Å². The van der Waals surface area contributed by atoms with Gasteiger partial charge in [-0.1, -0.05) is 353 Å². The van der Waals surface area contributed by atoms with E-state index in [9.17, 15) is 8.78 Å². The second-order valence-corrected chi connectivity index (χ2v) is 31.0. The first-order chi connectivity index (χ1) is 59.4. The summed E-state index contributed by atoms with van der Waals surface area (Å²) in [7, 11) is 0. The van der Waals surface area contributed by atoms with Gasteiger partial charge in [-0.2, -0.15) is 0 Å². The molecule has 0 radical (unpaired) electrons. The molecular formula is C115H104F2N6. The van der Waals surface area contributed by atoms with Crippen LogP contribution in [0.1, 0.15) is 99.3 Å². The largest absolute Gasteiger partial charge is 0.264 e. The molecular weight excluding hydrogens is 1500 g/mol. The third-order valence-electron chi connectivity index (χ3n) is 21.5. The summed E-state index contributed by atoms with van der Waals surface area (Å²) in [5, 5.41) is 0. The van der Waals surface area contributed by atoms with Gasteiger partial charge in [0.05, 0.1) is 28.2 Å².